The highest BCUT2D eigenvalue weighted by atomic mass is 32.2. The summed E-state index contributed by atoms with van der Waals surface area (Å²) in [6, 6.07) is 1.28. The van der Waals surface area contributed by atoms with Gasteiger partial charge in [0, 0.05) is 6.54 Å². The number of aliphatic hydroxyl groups is 1. The van der Waals surface area contributed by atoms with Crippen LogP contribution in [0.25, 0.3) is 0 Å². The van der Waals surface area contributed by atoms with Crippen LogP contribution >= 0.6 is 11.3 Å². The Morgan fingerprint density at radius 3 is 2.72 bits per heavy atom. The van der Waals surface area contributed by atoms with Crippen LogP contribution in [0, 0.1) is 5.92 Å². The van der Waals surface area contributed by atoms with E-state index in [9.17, 15) is 13.2 Å². The molecule has 0 aliphatic heterocycles. The van der Waals surface area contributed by atoms with Crippen molar-refractivity contribution in [3.8, 4) is 0 Å². The molecule has 0 saturated heterocycles. The predicted molar refractivity (Wildman–Crippen MR) is 65.2 cm³/mol. The van der Waals surface area contributed by atoms with Crippen LogP contribution in [0.1, 0.15) is 22.5 Å². The molecule has 2 rings (SSSR count). The summed E-state index contributed by atoms with van der Waals surface area (Å²) in [5.74, 6) is -1.12. The molecule has 6 nitrogen and oxygen atoms in total. The van der Waals surface area contributed by atoms with Crippen LogP contribution in [-0.4, -0.2) is 37.2 Å². The third kappa shape index (κ3) is 2.72. The molecule has 8 heteroatoms. The second-order valence-corrected chi connectivity index (χ2v) is 6.91. The average molecular weight is 291 g/mol. The second kappa shape index (κ2) is 4.96. The highest BCUT2D eigenvalue weighted by Crippen LogP contribution is 2.27. The molecule has 0 aromatic carbocycles. The standard InChI is InChI=1S/C10H13NO5S2/c12-7-3-6(4-7)5-11-18(15,16)8-1-2-17-9(8)10(13)14/h1-2,6-7,11-12H,3-5H2,(H,13,14). The van der Waals surface area contributed by atoms with Crippen molar-refractivity contribution in [1.29, 1.82) is 0 Å². The highest BCUT2D eigenvalue weighted by Gasteiger charge is 2.30. The van der Waals surface area contributed by atoms with E-state index in [0.29, 0.717) is 12.8 Å². The van der Waals surface area contributed by atoms with Crippen LogP contribution in [-0.2, 0) is 10.0 Å². The van der Waals surface area contributed by atoms with Crippen molar-refractivity contribution in [2.45, 2.75) is 23.8 Å². The Morgan fingerprint density at radius 2 is 2.17 bits per heavy atom. The number of rotatable bonds is 5. The maximum absolute atomic E-state index is 11.9. The van der Waals surface area contributed by atoms with E-state index < -0.39 is 16.0 Å². The zero-order valence-electron chi connectivity index (χ0n) is 9.37. The lowest BCUT2D eigenvalue weighted by Crippen LogP contribution is -2.38. The lowest BCUT2D eigenvalue weighted by molar-refractivity contribution is 0.0453. The molecule has 0 atom stereocenters. The summed E-state index contributed by atoms with van der Waals surface area (Å²) in [6.07, 6.45) is 0.825. The van der Waals surface area contributed by atoms with Gasteiger partial charge in [-0.2, -0.15) is 0 Å². The normalized spacial score (nSPS) is 23.6. The first-order valence-electron chi connectivity index (χ1n) is 5.38. The van der Waals surface area contributed by atoms with Crippen LogP contribution in [0.3, 0.4) is 0 Å². The molecular weight excluding hydrogens is 278 g/mol. The van der Waals surface area contributed by atoms with Gasteiger partial charge in [0.15, 0.2) is 0 Å². The monoisotopic (exact) mass is 291 g/mol. The molecule has 1 aliphatic carbocycles. The number of hydrogen-bond donors (Lipinski definition) is 3. The Morgan fingerprint density at radius 1 is 1.50 bits per heavy atom. The number of hydrogen-bond acceptors (Lipinski definition) is 5. The molecule has 0 spiro atoms. The zero-order chi connectivity index (χ0) is 13.3. The lowest BCUT2D eigenvalue weighted by Gasteiger charge is -2.31. The molecule has 0 amide bonds. The maximum Gasteiger partial charge on any atom is 0.347 e. The van der Waals surface area contributed by atoms with Crippen LogP contribution in [0.4, 0.5) is 0 Å². The Bertz CT molecular complexity index is 544. The largest absolute Gasteiger partial charge is 0.477 e. The summed E-state index contributed by atoms with van der Waals surface area (Å²) in [6.45, 7) is 0.230. The number of thiophene rings is 1. The quantitative estimate of drug-likeness (QED) is 0.732. The number of nitrogens with one attached hydrogen (secondary N) is 1. The molecule has 1 aromatic heterocycles. The molecule has 100 valence electrons. The van der Waals surface area contributed by atoms with E-state index in [4.69, 9.17) is 10.2 Å². The molecule has 1 aliphatic rings. The van der Waals surface area contributed by atoms with Crippen LogP contribution in [0.15, 0.2) is 16.3 Å². The van der Waals surface area contributed by atoms with Crippen molar-refractivity contribution in [2.75, 3.05) is 6.54 Å². The van der Waals surface area contributed by atoms with Gasteiger partial charge in [-0.25, -0.2) is 17.9 Å². The maximum atomic E-state index is 11.9. The number of carboxylic acid groups (broad SMARTS) is 1. The van der Waals surface area contributed by atoms with Gasteiger partial charge in [-0.05, 0) is 30.2 Å². The Hall–Kier alpha value is -0.960. The van der Waals surface area contributed by atoms with E-state index in [-0.39, 0.29) is 28.3 Å². The Labute approximate surface area is 108 Å². The van der Waals surface area contributed by atoms with Crippen LogP contribution in [0.5, 0.6) is 0 Å². The number of sulfonamides is 1. The number of carbonyl (C=O) groups is 1. The van der Waals surface area contributed by atoms with Crippen molar-refractivity contribution < 1.29 is 23.4 Å². The Kier molecular flexibility index (Phi) is 3.71. The third-order valence-corrected chi connectivity index (χ3v) is 5.38. The van der Waals surface area contributed by atoms with Crippen LogP contribution < -0.4 is 4.72 Å². The van der Waals surface area contributed by atoms with Gasteiger partial charge in [-0.15, -0.1) is 11.3 Å². The van der Waals surface area contributed by atoms with Gasteiger partial charge in [0.2, 0.25) is 10.0 Å². The van der Waals surface area contributed by atoms with Crippen molar-refractivity contribution in [3.05, 3.63) is 16.3 Å². The summed E-state index contributed by atoms with van der Waals surface area (Å²) >= 11 is 0.880. The number of carboxylic acids is 1. The first kappa shape index (κ1) is 13.5. The Balaban J connectivity index is 2.06. The van der Waals surface area contributed by atoms with E-state index in [1.807, 2.05) is 0 Å². The highest BCUT2D eigenvalue weighted by molar-refractivity contribution is 7.89. The topological polar surface area (TPSA) is 104 Å². The molecule has 0 radical (unpaired) electrons. The zero-order valence-corrected chi connectivity index (χ0v) is 11.0. The summed E-state index contributed by atoms with van der Waals surface area (Å²) < 4.78 is 26.2. The molecular formula is C10H13NO5S2. The van der Waals surface area contributed by atoms with Crippen molar-refractivity contribution >= 4 is 27.3 Å². The first-order valence-corrected chi connectivity index (χ1v) is 7.75. The molecule has 3 N–H and O–H groups in total. The van der Waals surface area contributed by atoms with Gasteiger partial charge in [0.25, 0.3) is 0 Å². The second-order valence-electron chi connectivity index (χ2n) is 4.26. The van der Waals surface area contributed by atoms with Gasteiger partial charge < -0.3 is 10.2 Å². The minimum Gasteiger partial charge on any atom is -0.477 e. The van der Waals surface area contributed by atoms with E-state index >= 15 is 0 Å². The van der Waals surface area contributed by atoms with Gasteiger partial charge in [-0.1, -0.05) is 0 Å². The first-order chi connectivity index (χ1) is 8.40. The summed E-state index contributed by atoms with van der Waals surface area (Å²) in [4.78, 5) is 10.5. The number of aliphatic hydroxyl groups excluding tert-OH is 1. The van der Waals surface area contributed by atoms with Gasteiger partial charge >= 0.3 is 5.97 Å². The van der Waals surface area contributed by atoms with E-state index in [1.54, 1.807) is 0 Å². The van der Waals surface area contributed by atoms with Crippen molar-refractivity contribution in [2.24, 2.45) is 5.92 Å². The summed E-state index contributed by atoms with van der Waals surface area (Å²) in [7, 11) is -3.78. The molecule has 18 heavy (non-hydrogen) atoms. The fraction of sp³-hybridized carbons (Fsp3) is 0.500. The number of aromatic carboxylic acids is 1. The van der Waals surface area contributed by atoms with Gasteiger partial charge in [0.1, 0.15) is 9.77 Å². The van der Waals surface area contributed by atoms with Crippen molar-refractivity contribution in [3.63, 3.8) is 0 Å². The van der Waals surface area contributed by atoms with Crippen LogP contribution in [0.2, 0.25) is 0 Å². The van der Waals surface area contributed by atoms with Crippen molar-refractivity contribution in [1.82, 2.24) is 4.72 Å². The SMILES string of the molecule is O=C(O)c1sccc1S(=O)(=O)NCC1CC(O)C1. The van der Waals surface area contributed by atoms with Gasteiger partial charge in [-0.3, -0.25) is 0 Å². The minimum atomic E-state index is -3.78. The molecule has 1 heterocycles. The molecule has 1 fully saturated rings. The lowest BCUT2D eigenvalue weighted by atomic mass is 9.83. The predicted octanol–water partition coefficient (Wildman–Crippen LogP) is 0.495. The molecule has 1 saturated carbocycles. The molecule has 0 unspecified atom stereocenters. The van der Waals surface area contributed by atoms with Gasteiger partial charge in [0.05, 0.1) is 6.10 Å². The minimum absolute atomic E-state index is 0.127. The van der Waals surface area contributed by atoms with E-state index in [0.717, 1.165) is 11.3 Å². The molecule has 0 bridgehead atoms. The summed E-state index contributed by atoms with van der Waals surface area (Å²) in [5.41, 5.74) is 0. The molecule has 1 aromatic rings. The summed E-state index contributed by atoms with van der Waals surface area (Å²) in [5, 5.41) is 19.4. The van der Waals surface area contributed by atoms with E-state index in [2.05, 4.69) is 4.72 Å². The fourth-order valence-corrected chi connectivity index (χ4v) is 4.21. The average Bonchev–Trinajstić information content (AvgIpc) is 2.72. The van der Waals surface area contributed by atoms with E-state index in [1.165, 1.54) is 11.4 Å². The third-order valence-electron chi connectivity index (χ3n) is 2.89. The smallest absolute Gasteiger partial charge is 0.347 e. The fourth-order valence-electron chi connectivity index (χ4n) is 1.84.